The molecule has 2 heteroatoms. The number of para-hydroxylation sites is 2. The minimum absolute atomic E-state index is 1.13. The molecule has 2 heterocycles. The van der Waals surface area contributed by atoms with Gasteiger partial charge in [0.15, 0.2) is 0 Å². The number of benzene rings is 6. The van der Waals surface area contributed by atoms with Crippen molar-refractivity contribution in [1.82, 2.24) is 9.97 Å². The number of hydrogen-bond donors (Lipinski definition) is 0. The minimum Gasteiger partial charge on any atom is -0.247 e. The quantitative estimate of drug-likeness (QED) is 0.0508. The molecule has 8 rings (SSSR count). The van der Waals surface area contributed by atoms with Crippen LogP contribution in [0, 0.1) is 0 Å². The molecule has 0 N–H and O–H groups in total. The summed E-state index contributed by atoms with van der Waals surface area (Å²) in [5, 5.41) is 10.4. The molecule has 0 saturated heterocycles. The number of rotatable bonds is 18. The van der Waals surface area contributed by atoms with E-state index in [1.165, 1.54) is 151 Å². The Bertz CT molecular complexity index is 2290. The minimum atomic E-state index is 1.13. The molecule has 0 saturated carbocycles. The van der Waals surface area contributed by atoms with Crippen LogP contribution in [0.5, 0.6) is 0 Å². The van der Waals surface area contributed by atoms with Gasteiger partial charge in [0.2, 0.25) is 0 Å². The van der Waals surface area contributed by atoms with E-state index < -0.39 is 0 Å². The Morgan fingerprint density at radius 3 is 0.981 bits per heavy atom. The summed E-state index contributed by atoms with van der Waals surface area (Å²) in [7, 11) is 0. The standard InChI is InChI=1S/C51H54N2/c1(2-4-6-8-10-12-14-28-42-44-30-20-22-32-48(44)52-50-40-26-18-16-24-38(40)34-36-46(42)50)3-5-7-9-11-13-15-29-43-45-31-21-23-33-49(45)53-51-41-27-19-17-25-39(41)35-37-47(43)51/h16-27,30-37H,1-15,28-29H2. The van der Waals surface area contributed by atoms with Crippen LogP contribution in [0.1, 0.15) is 107 Å². The van der Waals surface area contributed by atoms with E-state index in [0.29, 0.717) is 0 Å². The van der Waals surface area contributed by atoms with Gasteiger partial charge in [-0.05, 0) is 59.7 Å². The van der Waals surface area contributed by atoms with Crippen LogP contribution < -0.4 is 0 Å². The first-order valence-electron chi connectivity index (χ1n) is 20.7. The smallest absolute Gasteiger partial charge is 0.0790 e. The third-order valence-electron chi connectivity index (χ3n) is 11.7. The van der Waals surface area contributed by atoms with Crippen molar-refractivity contribution in [3.8, 4) is 0 Å². The van der Waals surface area contributed by atoms with Crippen LogP contribution >= 0.6 is 0 Å². The van der Waals surface area contributed by atoms with E-state index in [9.17, 15) is 0 Å². The van der Waals surface area contributed by atoms with Gasteiger partial charge in [0.05, 0.1) is 22.1 Å². The third-order valence-corrected chi connectivity index (χ3v) is 11.7. The zero-order chi connectivity index (χ0) is 35.7. The SMILES string of the molecule is c1ccc2c(c1)ccc1c(CCCCCCCCCCCCCCCCCc3c4ccccc4nc4c3ccc3ccccc34)c3ccccc3nc12. The lowest BCUT2D eigenvalue weighted by Gasteiger charge is -2.13. The summed E-state index contributed by atoms with van der Waals surface area (Å²) in [4.78, 5) is 10.2. The van der Waals surface area contributed by atoms with Crippen molar-refractivity contribution in [2.24, 2.45) is 0 Å². The van der Waals surface area contributed by atoms with E-state index in [1.807, 2.05) is 0 Å². The van der Waals surface area contributed by atoms with Gasteiger partial charge in [-0.15, -0.1) is 0 Å². The van der Waals surface area contributed by atoms with E-state index in [0.717, 1.165) is 34.9 Å². The van der Waals surface area contributed by atoms with E-state index in [1.54, 1.807) is 0 Å². The van der Waals surface area contributed by atoms with Crippen LogP contribution in [-0.2, 0) is 12.8 Å². The molecule has 6 aromatic carbocycles. The molecule has 0 aliphatic carbocycles. The predicted octanol–water partition coefficient (Wildman–Crippen LogP) is 15.0. The summed E-state index contributed by atoms with van der Waals surface area (Å²) in [5.41, 5.74) is 7.53. The van der Waals surface area contributed by atoms with Gasteiger partial charge in [-0.25, -0.2) is 9.97 Å². The van der Waals surface area contributed by atoms with E-state index in [4.69, 9.17) is 9.97 Å². The third kappa shape index (κ3) is 8.08. The number of aromatic nitrogens is 2. The molecule has 268 valence electrons. The topological polar surface area (TPSA) is 25.8 Å². The summed E-state index contributed by atoms with van der Waals surface area (Å²) >= 11 is 0. The normalized spacial score (nSPS) is 11.9. The van der Waals surface area contributed by atoms with Gasteiger partial charge < -0.3 is 0 Å². The fourth-order valence-corrected chi connectivity index (χ4v) is 8.86. The maximum atomic E-state index is 5.12. The summed E-state index contributed by atoms with van der Waals surface area (Å²) in [6.07, 6.45) is 22.7. The van der Waals surface area contributed by atoms with Crippen LogP contribution in [0.2, 0.25) is 0 Å². The molecule has 8 aromatic rings. The molecule has 0 fully saturated rings. The second-order valence-corrected chi connectivity index (χ2v) is 15.4. The number of hydrogen-bond acceptors (Lipinski definition) is 2. The van der Waals surface area contributed by atoms with Crippen LogP contribution in [0.15, 0.2) is 121 Å². The Morgan fingerprint density at radius 2 is 0.585 bits per heavy atom. The Labute approximate surface area is 315 Å². The highest BCUT2D eigenvalue weighted by atomic mass is 14.7. The second-order valence-electron chi connectivity index (χ2n) is 15.4. The Hall–Kier alpha value is -4.82. The summed E-state index contributed by atoms with van der Waals surface area (Å²) in [6, 6.07) is 44.0. The zero-order valence-corrected chi connectivity index (χ0v) is 31.5. The highest BCUT2D eigenvalue weighted by Crippen LogP contribution is 2.34. The van der Waals surface area contributed by atoms with Crippen molar-refractivity contribution >= 4 is 65.2 Å². The molecule has 0 radical (unpaired) electrons. The second kappa shape index (κ2) is 17.3. The van der Waals surface area contributed by atoms with Crippen LogP contribution in [0.3, 0.4) is 0 Å². The fraction of sp³-hybridized carbons (Fsp3) is 0.333. The molecule has 0 unspecified atom stereocenters. The fourth-order valence-electron chi connectivity index (χ4n) is 8.86. The lowest BCUT2D eigenvalue weighted by molar-refractivity contribution is 0.530. The molecular weight excluding hydrogens is 641 g/mol. The first-order chi connectivity index (χ1) is 26.3. The molecule has 0 atom stereocenters. The average molecular weight is 695 g/mol. The molecule has 0 bridgehead atoms. The van der Waals surface area contributed by atoms with Crippen molar-refractivity contribution in [2.45, 2.75) is 109 Å². The lowest BCUT2D eigenvalue weighted by atomic mass is 9.95. The molecule has 0 aliphatic rings. The molecular formula is C51H54N2. The summed E-state index contributed by atoms with van der Waals surface area (Å²) < 4.78 is 0. The highest BCUT2D eigenvalue weighted by molar-refractivity contribution is 6.11. The Kier molecular flexibility index (Phi) is 11.5. The zero-order valence-electron chi connectivity index (χ0n) is 31.5. The van der Waals surface area contributed by atoms with E-state index in [2.05, 4.69) is 121 Å². The average Bonchev–Trinajstić information content (AvgIpc) is 3.21. The predicted molar refractivity (Wildman–Crippen MR) is 230 cm³/mol. The number of aryl methyl sites for hydroxylation is 2. The summed E-state index contributed by atoms with van der Waals surface area (Å²) in [5.74, 6) is 0. The van der Waals surface area contributed by atoms with Crippen LogP contribution in [-0.4, -0.2) is 9.97 Å². The molecule has 0 aliphatic heterocycles. The molecule has 0 spiro atoms. The van der Waals surface area contributed by atoms with Crippen molar-refractivity contribution in [2.75, 3.05) is 0 Å². The molecule has 53 heavy (non-hydrogen) atoms. The van der Waals surface area contributed by atoms with E-state index in [-0.39, 0.29) is 0 Å². The van der Waals surface area contributed by atoms with Crippen molar-refractivity contribution < 1.29 is 0 Å². The monoisotopic (exact) mass is 694 g/mol. The number of pyridine rings is 2. The number of unbranched alkanes of at least 4 members (excludes halogenated alkanes) is 14. The first-order valence-corrected chi connectivity index (χ1v) is 20.7. The number of fused-ring (bicyclic) bond motifs is 8. The molecule has 2 aromatic heterocycles. The van der Waals surface area contributed by atoms with Gasteiger partial charge in [0.25, 0.3) is 0 Å². The molecule has 2 nitrogen and oxygen atoms in total. The largest absolute Gasteiger partial charge is 0.247 e. The Morgan fingerprint density at radius 1 is 0.264 bits per heavy atom. The maximum absolute atomic E-state index is 5.12. The van der Waals surface area contributed by atoms with Gasteiger partial charge in [-0.3, -0.25) is 0 Å². The number of nitrogens with zero attached hydrogens (tertiary/aromatic N) is 2. The van der Waals surface area contributed by atoms with Crippen molar-refractivity contribution in [3.63, 3.8) is 0 Å². The maximum Gasteiger partial charge on any atom is 0.0790 e. The Balaban J connectivity index is 0.698. The molecule has 0 amide bonds. The van der Waals surface area contributed by atoms with Gasteiger partial charge in [-0.2, -0.15) is 0 Å². The van der Waals surface area contributed by atoms with Gasteiger partial charge in [-0.1, -0.05) is 193 Å². The van der Waals surface area contributed by atoms with Crippen molar-refractivity contribution in [3.05, 3.63) is 132 Å². The van der Waals surface area contributed by atoms with Gasteiger partial charge in [0, 0.05) is 32.3 Å². The van der Waals surface area contributed by atoms with Gasteiger partial charge >= 0.3 is 0 Å². The van der Waals surface area contributed by atoms with Crippen molar-refractivity contribution in [1.29, 1.82) is 0 Å². The van der Waals surface area contributed by atoms with Gasteiger partial charge in [0.1, 0.15) is 0 Å². The van der Waals surface area contributed by atoms with Crippen LogP contribution in [0.25, 0.3) is 65.2 Å². The highest BCUT2D eigenvalue weighted by Gasteiger charge is 2.13. The van der Waals surface area contributed by atoms with E-state index >= 15 is 0 Å². The summed E-state index contributed by atoms with van der Waals surface area (Å²) in [6.45, 7) is 0. The van der Waals surface area contributed by atoms with Crippen LogP contribution in [0.4, 0.5) is 0 Å². The lowest BCUT2D eigenvalue weighted by Crippen LogP contribution is -1.94. The first kappa shape index (κ1) is 35.2.